The van der Waals surface area contributed by atoms with Gasteiger partial charge in [0.1, 0.15) is 0 Å². The molecule has 0 saturated carbocycles. The molecule has 0 aromatic heterocycles. The number of hydrogen-bond donors (Lipinski definition) is 2. The fourth-order valence-corrected chi connectivity index (χ4v) is 1.71. The first-order valence-corrected chi connectivity index (χ1v) is 5.95. The highest BCUT2D eigenvalue weighted by atomic mass is 79.9. The minimum absolute atomic E-state index is 0.0277. The Kier molecular flexibility index (Phi) is 5.75. The van der Waals surface area contributed by atoms with Crippen molar-refractivity contribution in [3.8, 4) is 0 Å². The largest absolute Gasteiger partial charge is 0.479 e. The number of carboxylic acid groups (broad SMARTS) is 1. The lowest BCUT2D eigenvalue weighted by atomic mass is 10.4. The van der Waals surface area contributed by atoms with E-state index in [1.54, 1.807) is 0 Å². The SMILES string of the molecule is CC(OP(=O)(O)OCCBr)C(=O)O. The van der Waals surface area contributed by atoms with E-state index in [4.69, 9.17) is 10.00 Å². The van der Waals surface area contributed by atoms with E-state index in [9.17, 15) is 9.36 Å². The molecule has 0 heterocycles. The molecule has 0 radical (unpaired) electrons. The third-order valence-corrected chi connectivity index (χ3v) is 2.39. The van der Waals surface area contributed by atoms with Crippen LogP contribution in [0.15, 0.2) is 0 Å². The van der Waals surface area contributed by atoms with E-state index >= 15 is 0 Å². The molecule has 0 aliphatic rings. The lowest BCUT2D eigenvalue weighted by Gasteiger charge is -2.13. The lowest BCUT2D eigenvalue weighted by molar-refractivity contribution is -0.145. The average molecular weight is 277 g/mol. The summed E-state index contributed by atoms with van der Waals surface area (Å²) in [6, 6.07) is 0. The number of carboxylic acids is 1. The topological polar surface area (TPSA) is 93.1 Å². The van der Waals surface area contributed by atoms with E-state index < -0.39 is 19.9 Å². The molecule has 0 aliphatic carbocycles. The van der Waals surface area contributed by atoms with Gasteiger partial charge >= 0.3 is 13.8 Å². The maximum atomic E-state index is 10.9. The number of phosphoric acid groups is 1. The molecule has 6 nitrogen and oxygen atoms in total. The number of hydrogen-bond acceptors (Lipinski definition) is 4. The van der Waals surface area contributed by atoms with E-state index in [-0.39, 0.29) is 6.61 Å². The van der Waals surface area contributed by atoms with Crippen LogP contribution in [0.2, 0.25) is 0 Å². The molecule has 0 aliphatic heterocycles. The molecule has 0 aromatic rings. The molecule has 2 unspecified atom stereocenters. The molecule has 2 atom stereocenters. The summed E-state index contributed by atoms with van der Waals surface area (Å²) in [5.74, 6) is -1.32. The Bertz CT molecular complexity index is 219. The van der Waals surface area contributed by atoms with E-state index in [1.165, 1.54) is 0 Å². The zero-order valence-corrected chi connectivity index (χ0v) is 9.32. The van der Waals surface area contributed by atoms with Gasteiger partial charge in [0.2, 0.25) is 0 Å². The molecule has 0 amide bonds. The van der Waals surface area contributed by atoms with Gasteiger partial charge in [0.25, 0.3) is 0 Å². The third kappa shape index (κ3) is 6.17. The molecular weight excluding hydrogens is 267 g/mol. The summed E-state index contributed by atoms with van der Waals surface area (Å²) in [5, 5.41) is 8.71. The summed E-state index contributed by atoms with van der Waals surface area (Å²) < 4.78 is 19.6. The maximum absolute atomic E-state index is 10.9. The predicted molar refractivity (Wildman–Crippen MR) is 47.8 cm³/mol. The van der Waals surface area contributed by atoms with Gasteiger partial charge in [-0.3, -0.25) is 9.05 Å². The van der Waals surface area contributed by atoms with Crippen molar-refractivity contribution >= 4 is 29.7 Å². The summed E-state index contributed by atoms with van der Waals surface area (Å²) in [7, 11) is -4.23. The van der Waals surface area contributed by atoms with Crippen LogP contribution < -0.4 is 0 Å². The number of halogens is 1. The third-order valence-electron chi connectivity index (χ3n) is 0.971. The molecule has 0 spiro atoms. The van der Waals surface area contributed by atoms with Crippen molar-refractivity contribution < 1.29 is 28.4 Å². The zero-order valence-electron chi connectivity index (χ0n) is 6.84. The first kappa shape index (κ1) is 13.1. The normalized spacial score (nSPS) is 17.8. The first-order chi connectivity index (χ1) is 5.89. The fraction of sp³-hybridized carbons (Fsp3) is 0.800. The highest BCUT2D eigenvalue weighted by Crippen LogP contribution is 2.44. The Labute approximate surface area is 83.6 Å². The van der Waals surface area contributed by atoms with Crippen LogP contribution in [0.4, 0.5) is 0 Å². The standard InChI is InChI=1S/C5H10BrO6P/c1-4(5(7)8)12-13(9,10)11-3-2-6/h4H,2-3H2,1H3,(H,7,8)(H,9,10). The number of aliphatic carboxylic acids is 1. The zero-order chi connectivity index (χ0) is 10.5. The molecular formula is C5H10BrO6P. The summed E-state index contributed by atoms with van der Waals surface area (Å²) >= 11 is 2.97. The van der Waals surface area contributed by atoms with Crippen LogP contribution in [0.5, 0.6) is 0 Å². The quantitative estimate of drug-likeness (QED) is 0.555. The van der Waals surface area contributed by atoms with Crippen LogP contribution in [-0.2, 0) is 18.4 Å². The molecule has 0 rings (SSSR count). The monoisotopic (exact) mass is 276 g/mol. The number of rotatable bonds is 6. The van der Waals surface area contributed by atoms with Gasteiger partial charge in [0, 0.05) is 5.33 Å². The van der Waals surface area contributed by atoms with Gasteiger partial charge in [-0.1, -0.05) is 15.9 Å². The van der Waals surface area contributed by atoms with Crippen molar-refractivity contribution in [1.29, 1.82) is 0 Å². The van der Waals surface area contributed by atoms with Gasteiger partial charge in [-0.15, -0.1) is 0 Å². The van der Waals surface area contributed by atoms with Crippen LogP contribution in [-0.4, -0.2) is 34.0 Å². The van der Waals surface area contributed by atoms with Crippen molar-refractivity contribution in [3.63, 3.8) is 0 Å². The Morgan fingerprint density at radius 2 is 2.23 bits per heavy atom. The summed E-state index contributed by atoms with van der Waals surface area (Å²) in [5.41, 5.74) is 0. The number of phosphoric ester groups is 1. The van der Waals surface area contributed by atoms with Crippen molar-refractivity contribution in [1.82, 2.24) is 0 Å². The smallest absolute Gasteiger partial charge is 0.473 e. The van der Waals surface area contributed by atoms with Gasteiger partial charge in [0.05, 0.1) is 6.61 Å². The van der Waals surface area contributed by atoms with Crippen molar-refractivity contribution in [2.45, 2.75) is 13.0 Å². The maximum Gasteiger partial charge on any atom is 0.473 e. The minimum Gasteiger partial charge on any atom is -0.479 e. The second-order valence-electron chi connectivity index (χ2n) is 2.08. The molecule has 78 valence electrons. The summed E-state index contributed by atoms with van der Waals surface area (Å²) in [6.07, 6.45) is -1.37. The molecule has 13 heavy (non-hydrogen) atoms. The Morgan fingerprint density at radius 1 is 1.69 bits per heavy atom. The van der Waals surface area contributed by atoms with Crippen LogP contribution in [0.3, 0.4) is 0 Å². The first-order valence-electron chi connectivity index (χ1n) is 3.33. The second-order valence-corrected chi connectivity index (χ2v) is 4.28. The van der Waals surface area contributed by atoms with Gasteiger partial charge in [0.15, 0.2) is 6.10 Å². The molecule has 8 heteroatoms. The molecule has 0 fully saturated rings. The second kappa shape index (κ2) is 5.72. The predicted octanol–water partition coefficient (Wildman–Crippen LogP) is 0.988. The molecule has 2 N–H and O–H groups in total. The van der Waals surface area contributed by atoms with Crippen molar-refractivity contribution in [3.05, 3.63) is 0 Å². The lowest BCUT2D eigenvalue weighted by Crippen LogP contribution is -2.19. The number of carbonyl (C=O) groups is 1. The minimum atomic E-state index is -4.23. The van der Waals surface area contributed by atoms with Crippen LogP contribution in [0.25, 0.3) is 0 Å². The van der Waals surface area contributed by atoms with Gasteiger partial charge in [-0.25, -0.2) is 9.36 Å². The Hall–Kier alpha value is 0.0600. The average Bonchev–Trinajstić information content (AvgIpc) is 2.00. The van der Waals surface area contributed by atoms with E-state index in [0.717, 1.165) is 6.92 Å². The Morgan fingerprint density at radius 3 is 2.62 bits per heavy atom. The molecule has 0 aromatic carbocycles. The van der Waals surface area contributed by atoms with Crippen LogP contribution >= 0.6 is 23.8 Å². The van der Waals surface area contributed by atoms with Crippen molar-refractivity contribution in [2.75, 3.05) is 11.9 Å². The van der Waals surface area contributed by atoms with Crippen LogP contribution in [0, 0.1) is 0 Å². The van der Waals surface area contributed by atoms with Crippen molar-refractivity contribution in [2.24, 2.45) is 0 Å². The summed E-state index contributed by atoms with van der Waals surface area (Å²) in [6.45, 7) is 1.11. The number of alkyl halides is 1. The Balaban J connectivity index is 4.01. The fourth-order valence-electron chi connectivity index (χ4n) is 0.425. The molecule has 0 saturated heterocycles. The van der Waals surface area contributed by atoms with E-state index in [2.05, 4.69) is 25.0 Å². The van der Waals surface area contributed by atoms with Gasteiger partial charge < -0.3 is 10.00 Å². The van der Waals surface area contributed by atoms with E-state index in [1.807, 2.05) is 0 Å². The van der Waals surface area contributed by atoms with Gasteiger partial charge in [-0.05, 0) is 6.92 Å². The van der Waals surface area contributed by atoms with E-state index in [0.29, 0.717) is 5.33 Å². The van der Waals surface area contributed by atoms with Gasteiger partial charge in [-0.2, -0.15) is 0 Å². The molecule has 0 bridgehead atoms. The van der Waals surface area contributed by atoms with Crippen LogP contribution in [0.1, 0.15) is 6.92 Å². The highest BCUT2D eigenvalue weighted by Gasteiger charge is 2.27. The highest BCUT2D eigenvalue weighted by molar-refractivity contribution is 9.09. The summed E-state index contributed by atoms with van der Waals surface area (Å²) in [4.78, 5) is 19.1.